The normalized spacial score (nSPS) is 8.29. The van der Waals surface area contributed by atoms with Gasteiger partial charge in [-0.2, -0.15) is 0 Å². The van der Waals surface area contributed by atoms with Gasteiger partial charge in [0, 0.05) is 10.3 Å². The van der Waals surface area contributed by atoms with Gasteiger partial charge in [0.15, 0.2) is 0 Å². The Morgan fingerprint density at radius 2 is 1.29 bits per heavy atom. The number of nitrogens with one attached hydrogen (secondary N) is 1. The molecule has 0 spiro atoms. The Balaban J connectivity index is -0.0000000800. The third-order valence-electron chi connectivity index (χ3n) is 0. The summed E-state index contributed by atoms with van der Waals surface area (Å²) in [6.45, 7) is 0. The summed E-state index contributed by atoms with van der Waals surface area (Å²) >= 11 is 0. The van der Waals surface area contributed by atoms with Crippen LogP contribution < -0.4 is 59.1 Å². The second kappa shape index (κ2) is 6.00. The van der Waals surface area contributed by atoms with E-state index in [4.69, 9.17) is 18.1 Å². The van der Waals surface area contributed by atoms with Crippen LogP contribution in [0.1, 0.15) is 0 Å². The molecule has 0 saturated heterocycles. The number of rotatable bonds is 0. The molecular formula is HNNa2O3S. The van der Waals surface area contributed by atoms with Crippen molar-refractivity contribution in [3.63, 3.8) is 0 Å². The summed E-state index contributed by atoms with van der Waals surface area (Å²) in [4.78, 5) is 0. The van der Waals surface area contributed by atoms with Crippen LogP contribution in [0.5, 0.6) is 0 Å². The average Bonchev–Trinajstić information content (AvgIpc) is 0.722. The maximum atomic E-state index is 8.74. The van der Waals surface area contributed by atoms with E-state index in [1.807, 2.05) is 0 Å². The molecule has 0 aliphatic heterocycles. The van der Waals surface area contributed by atoms with E-state index in [2.05, 4.69) is 0 Å². The van der Waals surface area contributed by atoms with Crippen LogP contribution >= 0.6 is 0 Å². The molecule has 0 bridgehead atoms. The topological polar surface area (TPSA) is 81.0 Å². The molecule has 4 nitrogen and oxygen atoms in total. The van der Waals surface area contributed by atoms with E-state index in [9.17, 15) is 0 Å². The van der Waals surface area contributed by atoms with E-state index < -0.39 is 10.3 Å². The molecule has 0 amide bonds. The molecular weight excluding hydrogens is 140 g/mol. The first-order valence-electron chi connectivity index (χ1n) is 0.704. The summed E-state index contributed by atoms with van der Waals surface area (Å²) in [6, 6.07) is 0. The van der Waals surface area contributed by atoms with Gasteiger partial charge in [0.25, 0.3) is 0 Å². The monoisotopic (exact) mass is 141 g/mol. The zero-order chi connectivity index (χ0) is 4.50. The van der Waals surface area contributed by atoms with Gasteiger partial charge in [-0.25, -0.2) is 0 Å². The Labute approximate surface area is 86.3 Å². The van der Waals surface area contributed by atoms with Crippen LogP contribution in [0.15, 0.2) is 0 Å². The molecule has 0 fully saturated rings. The molecule has 0 rings (SSSR count). The van der Waals surface area contributed by atoms with Crippen LogP contribution in [0.25, 0.3) is 5.14 Å². The van der Waals surface area contributed by atoms with Crippen LogP contribution in [0.3, 0.4) is 0 Å². The van der Waals surface area contributed by atoms with Gasteiger partial charge in [0.05, 0.1) is 0 Å². The molecule has 1 N–H and O–H groups in total. The van der Waals surface area contributed by atoms with Crippen molar-refractivity contribution in [2.75, 3.05) is 0 Å². The molecule has 7 heavy (non-hydrogen) atoms. The van der Waals surface area contributed by atoms with Gasteiger partial charge in [-0.15, -0.1) is 0 Å². The zero-order valence-electron chi connectivity index (χ0n) is 4.13. The van der Waals surface area contributed by atoms with Crippen LogP contribution in [0.2, 0.25) is 0 Å². The molecule has 0 radical (unpaired) electrons. The minimum absolute atomic E-state index is 0. The van der Waals surface area contributed by atoms with Crippen LogP contribution in [-0.4, -0.2) is 13.0 Å². The van der Waals surface area contributed by atoms with Crippen LogP contribution in [0, 0.1) is 0 Å². The molecule has 0 saturated carbocycles. The predicted octanol–water partition coefficient (Wildman–Crippen LogP) is -6.49. The van der Waals surface area contributed by atoms with E-state index >= 15 is 0 Å². The maximum Gasteiger partial charge on any atom is 1.00 e. The van der Waals surface area contributed by atoms with E-state index in [0.29, 0.717) is 0 Å². The third-order valence-corrected chi connectivity index (χ3v) is 0. The van der Waals surface area contributed by atoms with Crippen molar-refractivity contribution in [3.05, 3.63) is 5.14 Å². The second-order valence-corrected chi connectivity index (χ2v) is 1.36. The summed E-state index contributed by atoms with van der Waals surface area (Å²) in [7, 11) is -4.67. The largest absolute Gasteiger partial charge is 1.00 e. The fourth-order valence-electron chi connectivity index (χ4n) is 0. The summed E-state index contributed by atoms with van der Waals surface area (Å²) in [5.41, 5.74) is 0. The standard InChI is InChI=1S/H2NO3S.2Na/c1-5(2,3)4;;/h(H2-,1,2,3,4);;/q-1;2*+1/p-1. The Kier molecular flexibility index (Phi) is 13.7. The van der Waals surface area contributed by atoms with Gasteiger partial charge in [-0.05, 0) is 0 Å². The molecule has 0 heterocycles. The van der Waals surface area contributed by atoms with Crippen molar-refractivity contribution in [2.45, 2.75) is 0 Å². The molecule has 0 atom stereocenters. The molecule has 7 heteroatoms. The fourth-order valence-corrected chi connectivity index (χ4v) is 0. The second-order valence-electron chi connectivity index (χ2n) is 0.454. The van der Waals surface area contributed by atoms with Crippen molar-refractivity contribution in [1.29, 1.82) is 0 Å². The van der Waals surface area contributed by atoms with Crippen molar-refractivity contribution in [2.24, 2.45) is 0 Å². The third kappa shape index (κ3) is 77.5. The quantitative estimate of drug-likeness (QED) is 0.248. The van der Waals surface area contributed by atoms with Gasteiger partial charge in [-0.3, -0.25) is 8.42 Å². The van der Waals surface area contributed by atoms with E-state index in [1.165, 1.54) is 0 Å². The molecule has 32 valence electrons. The van der Waals surface area contributed by atoms with Gasteiger partial charge in [0.2, 0.25) is 0 Å². The minimum atomic E-state index is -4.67. The first-order chi connectivity index (χ1) is 2.00. The zero-order valence-corrected chi connectivity index (χ0v) is 8.95. The Hall–Kier alpha value is 1.87. The van der Waals surface area contributed by atoms with Crippen LogP contribution in [-0.2, 0) is 10.3 Å². The van der Waals surface area contributed by atoms with E-state index in [0.717, 1.165) is 0 Å². The Bertz CT molecular complexity index is 96.1. The molecule has 0 aliphatic rings. The van der Waals surface area contributed by atoms with Gasteiger partial charge in [-0.1, -0.05) is 0 Å². The van der Waals surface area contributed by atoms with Crippen molar-refractivity contribution >= 4 is 10.3 Å². The van der Waals surface area contributed by atoms with Crippen molar-refractivity contribution < 1.29 is 72.1 Å². The van der Waals surface area contributed by atoms with Crippen molar-refractivity contribution in [1.82, 2.24) is 0 Å². The van der Waals surface area contributed by atoms with Gasteiger partial charge >= 0.3 is 59.1 Å². The van der Waals surface area contributed by atoms with Gasteiger partial charge in [0.1, 0.15) is 0 Å². The first-order valence-corrected chi connectivity index (χ1v) is 2.11. The first kappa shape index (κ1) is 15.9. The van der Waals surface area contributed by atoms with E-state index in [-0.39, 0.29) is 59.1 Å². The average molecular weight is 141 g/mol. The van der Waals surface area contributed by atoms with Crippen LogP contribution in [0.4, 0.5) is 0 Å². The van der Waals surface area contributed by atoms with Crippen molar-refractivity contribution in [3.8, 4) is 0 Å². The number of hydrogen-bond acceptors (Lipinski definition) is 3. The minimum Gasteiger partial charge on any atom is -0.764 e. The molecule has 0 aromatic rings. The summed E-state index contributed by atoms with van der Waals surface area (Å²) in [5, 5.41) is 5.35. The predicted molar refractivity (Wildman–Crippen MR) is 14.0 cm³/mol. The smallest absolute Gasteiger partial charge is 0.764 e. The van der Waals surface area contributed by atoms with E-state index in [1.54, 1.807) is 0 Å². The summed E-state index contributed by atoms with van der Waals surface area (Å²) < 4.78 is 26.2. The molecule has 0 unspecified atom stereocenters. The number of hydrogen-bond donors (Lipinski definition) is 0. The molecule has 0 aromatic heterocycles. The Morgan fingerprint density at radius 3 is 1.29 bits per heavy atom. The SMILES string of the molecule is [NH-]S(=O)(=O)[O-].[Na+].[Na+]. The summed E-state index contributed by atoms with van der Waals surface area (Å²) in [5.74, 6) is 0. The Morgan fingerprint density at radius 1 is 1.29 bits per heavy atom. The maximum absolute atomic E-state index is 8.74. The fraction of sp³-hybridized carbons (Fsp3) is 0. The molecule has 0 aliphatic carbocycles. The summed E-state index contributed by atoms with van der Waals surface area (Å²) in [6.07, 6.45) is 0. The molecule has 0 aromatic carbocycles. The van der Waals surface area contributed by atoms with Gasteiger partial charge < -0.3 is 9.69 Å².